The van der Waals surface area contributed by atoms with Crippen LogP contribution in [-0.2, 0) is 18.3 Å². The van der Waals surface area contributed by atoms with Crippen LogP contribution in [0.2, 0.25) is 0 Å². The highest BCUT2D eigenvalue weighted by atomic mass is 16.4. The van der Waals surface area contributed by atoms with E-state index in [0.717, 1.165) is 24.1 Å². The minimum absolute atomic E-state index is 0.488. The Morgan fingerprint density at radius 2 is 2.36 bits per heavy atom. The first-order chi connectivity index (χ1) is 6.55. The summed E-state index contributed by atoms with van der Waals surface area (Å²) in [5.74, 6) is -0.668. The van der Waals surface area contributed by atoms with Crippen LogP contribution < -0.4 is 0 Å². The molecular formula is C10H14N2O2. The number of carboxylic acids is 1. The van der Waals surface area contributed by atoms with E-state index >= 15 is 0 Å². The van der Waals surface area contributed by atoms with Crippen LogP contribution >= 0.6 is 0 Å². The monoisotopic (exact) mass is 194 g/mol. The van der Waals surface area contributed by atoms with Gasteiger partial charge in [0, 0.05) is 19.2 Å². The van der Waals surface area contributed by atoms with Gasteiger partial charge in [0.2, 0.25) is 0 Å². The fourth-order valence-corrected chi connectivity index (χ4v) is 1.76. The van der Waals surface area contributed by atoms with Crippen molar-refractivity contribution in [1.29, 1.82) is 0 Å². The molecule has 1 aromatic rings. The largest absolute Gasteiger partial charge is 0.481 e. The average molecular weight is 194 g/mol. The van der Waals surface area contributed by atoms with Crippen LogP contribution in [0.3, 0.4) is 0 Å². The van der Waals surface area contributed by atoms with Gasteiger partial charge in [-0.2, -0.15) is 5.10 Å². The first-order valence-corrected chi connectivity index (χ1v) is 4.76. The molecule has 14 heavy (non-hydrogen) atoms. The van der Waals surface area contributed by atoms with Crippen molar-refractivity contribution in [3.05, 3.63) is 17.5 Å². The van der Waals surface area contributed by atoms with Crippen molar-refractivity contribution in [2.24, 2.45) is 12.5 Å². The molecule has 0 unspecified atom stereocenters. The van der Waals surface area contributed by atoms with Gasteiger partial charge in [0.05, 0.1) is 11.6 Å². The number of aromatic nitrogens is 2. The number of nitrogens with zero attached hydrogens (tertiary/aromatic N) is 2. The molecule has 1 fully saturated rings. The molecule has 4 heteroatoms. The Kier molecular flexibility index (Phi) is 1.87. The Labute approximate surface area is 82.5 Å². The number of hydrogen-bond acceptors (Lipinski definition) is 2. The number of carboxylic acid groups (broad SMARTS) is 1. The van der Waals surface area contributed by atoms with Gasteiger partial charge in [0.1, 0.15) is 0 Å². The van der Waals surface area contributed by atoms with Crippen LogP contribution in [0.5, 0.6) is 0 Å². The summed E-state index contributed by atoms with van der Waals surface area (Å²) in [5.41, 5.74) is 1.64. The van der Waals surface area contributed by atoms with Crippen LogP contribution in [-0.4, -0.2) is 20.9 Å². The zero-order valence-corrected chi connectivity index (χ0v) is 8.45. The number of carbonyl (C=O) groups is 1. The lowest BCUT2D eigenvalue weighted by molar-refractivity contribution is -0.143. The van der Waals surface area contributed by atoms with Gasteiger partial charge in [0.25, 0.3) is 0 Å². The Balaban J connectivity index is 2.23. The predicted molar refractivity (Wildman–Crippen MR) is 51.0 cm³/mol. The highest BCUT2D eigenvalue weighted by molar-refractivity contribution is 5.78. The van der Waals surface area contributed by atoms with Crippen LogP contribution in [0.25, 0.3) is 0 Å². The molecule has 0 spiro atoms. The van der Waals surface area contributed by atoms with E-state index < -0.39 is 11.4 Å². The van der Waals surface area contributed by atoms with E-state index in [9.17, 15) is 4.79 Å². The Morgan fingerprint density at radius 3 is 2.71 bits per heavy atom. The van der Waals surface area contributed by atoms with E-state index in [-0.39, 0.29) is 0 Å². The summed E-state index contributed by atoms with van der Waals surface area (Å²) in [5, 5.41) is 13.2. The maximum atomic E-state index is 11.0. The molecule has 1 aliphatic rings. The SMILES string of the molecule is Cc1cnn(C)c1CC1(C(=O)O)CC1. The Morgan fingerprint density at radius 1 is 1.71 bits per heavy atom. The van der Waals surface area contributed by atoms with Gasteiger partial charge in [-0.05, 0) is 25.3 Å². The summed E-state index contributed by atoms with van der Waals surface area (Å²) in [7, 11) is 1.86. The number of aliphatic carboxylic acids is 1. The lowest BCUT2D eigenvalue weighted by atomic mass is 9.99. The van der Waals surface area contributed by atoms with E-state index in [1.165, 1.54) is 0 Å². The van der Waals surface area contributed by atoms with Crippen molar-refractivity contribution in [2.75, 3.05) is 0 Å². The topological polar surface area (TPSA) is 55.1 Å². The highest BCUT2D eigenvalue weighted by Crippen LogP contribution is 2.48. The quantitative estimate of drug-likeness (QED) is 0.784. The molecule has 1 aliphatic carbocycles. The molecule has 1 heterocycles. The molecule has 1 N–H and O–H groups in total. The molecule has 2 rings (SSSR count). The highest BCUT2D eigenvalue weighted by Gasteiger charge is 2.50. The lowest BCUT2D eigenvalue weighted by Gasteiger charge is -2.10. The molecule has 76 valence electrons. The van der Waals surface area contributed by atoms with Crippen molar-refractivity contribution in [1.82, 2.24) is 9.78 Å². The maximum Gasteiger partial charge on any atom is 0.310 e. The van der Waals surface area contributed by atoms with Gasteiger partial charge >= 0.3 is 5.97 Å². The molecule has 0 bridgehead atoms. The molecule has 0 amide bonds. The molecule has 0 atom stereocenters. The Hall–Kier alpha value is -1.32. The van der Waals surface area contributed by atoms with Crippen molar-refractivity contribution in [3.63, 3.8) is 0 Å². The minimum Gasteiger partial charge on any atom is -0.481 e. The molecule has 0 saturated heterocycles. The smallest absolute Gasteiger partial charge is 0.310 e. The van der Waals surface area contributed by atoms with Crippen LogP contribution in [0.1, 0.15) is 24.1 Å². The molecule has 0 aliphatic heterocycles. The van der Waals surface area contributed by atoms with Crippen LogP contribution in [0.15, 0.2) is 6.20 Å². The molecule has 0 radical (unpaired) electrons. The number of rotatable bonds is 3. The summed E-state index contributed by atoms with van der Waals surface area (Å²) in [6.45, 7) is 1.97. The molecule has 1 saturated carbocycles. The third-order valence-corrected chi connectivity index (χ3v) is 3.08. The van der Waals surface area contributed by atoms with Crippen molar-refractivity contribution in [3.8, 4) is 0 Å². The van der Waals surface area contributed by atoms with Crippen molar-refractivity contribution < 1.29 is 9.90 Å². The summed E-state index contributed by atoms with van der Waals surface area (Å²) in [4.78, 5) is 11.0. The lowest BCUT2D eigenvalue weighted by Crippen LogP contribution is -2.19. The fourth-order valence-electron chi connectivity index (χ4n) is 1.76. The molecule has 0 aromatic carbocycles. The normalized spacial score (nSPS) is 18.1. The minimum atomic E-state index is -0.668. The maximum absolute atomic E-state index is 11.0. The molecular weight excluding hydrogens is 180 g/mol. The van der Waals surface area contributed by atoms with Crippen molar-refractivity contribution in [2.45, 2.75) is 26.2 Å². The van der Waals surface area contributed by atoms with Crippen molar-refractivity contribution >= 4 is 5.97 Å². The van der Waals surface area contributed by atoms with E-state index in [1.54, 1.807) is 10.9 Å². The summed E-state index contributed by atoms with van der Waals surface area (Å²) < 4.78 is 1.78. The first-order valence-electron chi connectivity index (χ1n) is 4.76. The Bertz CT molecular complexity index is 358. The average Bonchev–Trinajstić information content (AvgIpc) is 2.84. The van der Waals surface area contributed by atoms with Gasteiger partial charge in [-0.3, -0.25) is 9.48 Å². The van der Waals surface area contributed by atoms with Gasteiger partial charge in [-0.25, -0.2) is 0 Å². The van der Waals surface area contributed by atoms with Crippen LogP contribution in [0.4, 0.5) is 0 Å². The second-order valence-electron chi connectivity index (χ2n) is 4.16. The second kappa shape index (κ2) is 2.83. The third-order valence-electron chi connectivity index (χ3n) is 3.08. The zero-order valence-electron chi connectivity index (χ0n) is 8.45. The van der Waals surface area contributed by atoms with E-state index in [1.807, 2.05) is 14.0 Å². The van der Waals surface area contributed by atoms with Crippen LogP contribution in [0, 0.1) is 12.3 Å². The first kappa shape index (κ1) is 9.24. The number of aryl methyl sites for hydroxylation is 2. The fraction of sp³-hybridized carbons (Fsp3) is 0.600. The van der Waals surface area contributed by atoms with E-state index in [4.69, 9.17) is 5.11 Å². The summed E-state index contributed by atoms with van der Waals surface area (Å²) >= 11 is 0. The van der Waals surface area contributed by atoms with Gasteiger partial charge in [-0.15, -0.1) is 0 Å². The standard InChI is InChI=1S/C10H14N2O2/c1-7-6-11-12(2)8(7)5-10(3-4-10)9(13)14/h6H,3-5H2,1-2H3,(H,13,14). The third kappa shape index (κ3) is 1.31. The van der Waals surface area contributed by atoms with Gasteiger partial charge < -0.3 is 5.11 Å². The molecule has 4 nitrogen and oxygen atoms in total. The van der Waals surface area contributed by atoms with Gasteiger partial charge in [0.15, 0.2) is 0 Å². The molecule has 1 aromatic heterocycles. The summed E-state index contributed by atoms with van der Waals surface area (Å²) in [6.07, 6.45) is 4.00. The van der Waals surface area contributed by atoms with E-state index in [2.05, 4.69) is 5.10 Å². The zero-order chi connectivity index (χ0) is 10.3. The second-order valence-corrected chi connectivity index (χ2v) is 4.16. The van der Waals surface area contributed by atoms with Gasteiger partial charge in [-0.1, -0.05) is 0 Å². The summed E-state index contributed by atoms with van der Waals surface area (Å²) in [6, 6.07) is 0. The number of hydrogen-bond donors (Lipinski definition) is 1. The van der Waals surface area contributed by atoms with E-state index in [0.29, 0.717) is 6.42 Å². The predicted octanol–water partition coefficient (Wildman–Crippen LogP) is 1.14.